The number of azide groups is 1. The highest BCUT2D eigenvalue weighted by atomic mass is 16.3. The van der Waals surface area contributed by atoms with Gasteiger partial charge in [-0.25, -0.2) is 0 Å². The first-order valence-corrected chi connectivity index (χ1v) is 9.56. The van der Waals surface area contributed by atoms with Crippen LogP contribution in [-0.2, 0) is 5.41 Å². The number of fused-ring (bicyclic) bond motifs is 1. The number of hydrogen-bond acceptors (Lipinski definition) is 3. The fourth-order valence-electron chi connectivity index (χ4n) is 4.22. The van der Waals surface area contributed by atoms with Crippen LogP contribution in [0.2, 0.25) is 0 Å². The van der Waals surface area contributed by atoms with Crippen molar-refractivity contribution in [3.8, 4) is 0 Å². The van der Waals surface area contributed by atoms with Gasteiger partial charge in [-0.1, -0.05) is 47.6 Å². The molecule has 1 fully saturated rings. The number of amides is 1. The predicted octanol–water partition coefficient (Wildman–Crippen LogP) is 5.35. The molecule has 0 bridgehead atoms. The Morgan fingerprint density at radius 2 is 1.93 bits per heavy atom. The second-order valence-corrected chi connectivity index (χ2v) is 7.41. The van der Waals surface area contributed by atoms with Gasteiger partial charge in [0, 0.05) is 28.3 Å². The van der Waals surface area contributed by atoms with Crippen LogP contribution in [0.1, 0.15) is 41.6 Å². The van der Waals surface area contributed by atoms with Crippen LogP contribution in [0.5, 0.6) is 0 Å². The summed E-state index contributed by atoms with van der Waals surface area (Å²) in [6, 6.07) is 17.8. The van der Waals surface area contributed by atoms with Gasteiger partial charge in [0.05, 0.1) is 11.8 Å². The van der Waals surface area contributed by atoms with E-state index in [1.165, 1.54) is 5.56 Å². The van der Waals surface area contributed by atoms with E-state index >= 15 is 0 Å². The lowest BCUT2D eigenvalue weighted by atomic mass is 9.68. The third kappa shape index (κ3) is 3.47. The Morgan fingerprint density at radius 3 is 2.68 bits per heavy atom. The van der Waals surface area contributed by atoms with Crippen molar-refractivity contribution in [2.45, 2.75) is 37.1 Å². The maximum atomic E-state index is 12.9. The smallest absolute Gasteiger partial charge is 0.255 e. The fraction of sp³-hybridized carbons (Fsp3) is 0.318. The Hall–Kier alpha value is -3.24. The summed E-state index contributed by atoms with van der Waals surface area (Å²) < 4.78 is 5.51. The summed E-state index contributed by atoms with van der Waals surface area (Å²) in [5.41, 5.74) is 10.9. The van der Waals surface area contributed by atoms with E-state index < -0.39 is 0 Å². The lowest BCUT2D eigenvalue weighted by Crippen LogP contribution is -2.44. The highest BCUT2D eigenvalue weighted by Crippen LogP contribution is 2.40. The first-order valence-electron chi connectivity index (χ1n) is 9.56. The van der Waals surface area contributed by atoms with Crippen molar-refractivity contribution < 1.29 is 9.21 Å². The van der Waals surface area contributed by atoms with Gasteiger partial charge in [-0.3, -0.25) is 4.79 Å². The minimum atomic E-state index is -0.157. The van der Waals surface area contributed by atoms with E-state index in [2.05, 4.69) is 27.5 Å². The Bertz CT molecular complexity index is 1010. The monoisotopic (exact) mass is 374 g/mol. The summed E-state index contributed by atoms with van der Waals surface area (Å²) in [5, 5.41) is 7.95. The van der Waals surface area contributed by atoms with E-state index in [0.29, 0.717) is 17.7 Å². The molecule has 1 aromatic heterocycles. The van der Waals surface area contributed by atoms with Crippen LogP contribution in [0.15, 0.2) is 70.4 Å². The van der Waals surface area contributed by atoms with E-state index in [9.17, 15) is 4.79 Å². The zero-order valence-corrected chi connectivity index (χ0v) is 15.5. The maximum absolute atomic E-state index is 12.9. The minimum Gasteiger partial charge on any atom is -0.464 e. The number of benzene rings is 2. The van der Waals surface area contributed by atoms with Crippen LogP contribution in [0.4, 0.5) is 0 Å². The Balaban J connectivity index is 1.56. The number of hydrogen-bond donors (Lipinski definition) is 1. The molecule has 3 aromatic rings. The highest BCUT2D eigenvalue weighted by Gasteiger charge is 2.37. The quantitative estimate of drug-likeness (QED) is 0.370. The van der Waals surface area contributed by atoms with Gasteiger partial charge in [0.15, 0.2) is 0 Å². The van der Waals surface area contributed by atoms with Gasteiger partial charge in [0.25, 0.3) is 5.91 Å². The van der Waals surface area contributed by atoms with Gasteiger partial charge >= 0.3 is 0 Å². The summed E-state index contributed by atoms with van der Waals surface area (Å²) in [7, 11) is 0. The molecule has 0 unspecified atom stereocenters. The van der Waals surface area contributed by atoms with Gasteiger partial charge in [-0.15, -0.1) is 0 Å². The van der Waals surface area contributed by atoms with Crippen molar-refractivity contribution >= 4 is 16.9 Å². The summed E-state index contributed by atoms with van der Waals surface area (Å²) in [6.07, 6.45) is 4.98. The number of para-hydroxylation sites is 1. The van der Waals surface area contributed by atoms with Crippen molar-refractivity contribution in [2.75, 3.05) is 6.54 Å². The molecule has 1 saturated carbocycles. The summed E-state index contributed by atoms with van der Waals surface area (Å²) in [5.74, 6) is -0.131. The second-order valence-electron chi connectivity index (χ2n) is 7.41. The molecule has 1 amide bonds. The van der Waals surface area contributed by atoms with E-state index in [0.717, 1.165) is 31.1 Å². The largest absolute Gasteiger partial charge is 0.464 e. The van der Waals surface area contributed by atoms with Crippen molar-refractivity contribution in [1.29, 1.82) is 0 Å². The molecule has 0 saturated heterocycles. The van der Waals surface area contributed by atoms with Crippen LogP contribution < -0.4 is 5.32 Å². The normalized spacial score (nSPS) is 21.8. The fourth-order valence-corrected chi connectivity index (χ4v) is 4.22. The molecule has 1 aliphatic rings. The molecule has 2 aromatic carbocycles. The van der Waals surface area contributed by atoms with Gasteiger partial charge in [0.2, 0.25) is 0 Å². The molecule has 28 heavy (non-hydrogen) atoms. The standard InChI is InChI=1S/C22H22N4O2/c23-26-25-18-9-12-22(13-10-18,17-6-2-1-3-7-17)15-24-21(27)19-8-4-5-16-11-14-28-20(16)19/h1-8,11,14,18H,9-10,12-13,15H2,(H,24,27). The van der Waals surface area contributed by atoms with Gasteiger partial charge in [0.1, 0.15) is 5.58 Å². The zero-order valence-electron chi connectivity index (χ0n) is 15.5. The Morgan fingerprint density at radius 1 is 1.14 bits per heavy atom. The van der Waals surface area contributed by atoms with Crippen LogP contribution >= 0.6 is 0 Å². The molecule has 4 rings (SSSR count). The van der Waals surface area contributed by atoms with Gasteiger partial charge in [-0.05, 0) is 48.9 Å². The van der Waals surface area contributed by atoms with E-state index in [1.54, 1.807) is 12.3 Å². The molecule has 6 nitrogen and oxygen atoms in total. The molecular weight excluding hydrogens is 352 g/mol. The van der Waals surface area contributed by atoms with Gasteiger partial charge in [-0.2, -0.15) is 0 Å². The number of nitrogens with one attached hydrogen (secondary N) is 1. The summed E-state index contributed by atoms with van der Waals surface area (Å²) in [4.78, 5) is 15.9. The molecule has 0 spiro atoms. The van der Waals surface area contributed by atoms with Crippen LogP contribution in [0.3, 0.4) is 0 Å². The number of furan rings is 1. The number of carbonyl (C=O) groups is 1. The molecule has 0 atom stereocenters. The summed E-state index contributed by atoms with van der Waals surface area (Å²) >= 11 is 0. The zero-order chi connectivity index (χ0) is 19.4. The first-order chi connectivity index (χ1) is 13.7. The number of carbonyl (C=O) groups excluding carboxylic acids is 1. The predicted molar refractivity (Wildman–Crippen MR) is 108 cm³/mol. The minimum absolute atomic E-state index is 0.0365. The van der Waals surface area contributed by atoms with Crippen molar-refractivity contribution in [1.82, 2.24) is 5.32 Å². The molecule has 1 aliphatic carbocycles. The van der Waals surface area contributed by atoms with Crippen LogP contribution in [0.25, 0.3) is 21.4 Å². The Kier molecular flexibility index (Phi) is 5.04. The van der Waals surface area contributed by atoms with E-state index in [4.69, 9.17) is 9.95 Å². The number of rotatable bonds is 5. The van der Waals surface area contributed by atoms with Crippen molar-refractivity contribution in [3.05, 3.63) is 82.4 Å². The molecule has 142 valence electrons. The average molecular weight is 374 g/mol. The highest BCUT2D eigenvalue weighted by molar-refractivity contribution is 6.04. The molecule has 0 aliphatic heterocycles. The molecule has 1 heterocycles. The lowest BCUT2D eigenvalue weighted by Gasteiger charge is -2.40. The van der Waals surface area contributed by atoms with Crippen molar-refractivity contribution in [3.63, 3.8) is 0 Å². The third-order valence-electron chi connectivity index (χ3n) is 5.82. The third-order valence-corrected chi connectivity index (χ3v) is 5.82. The van der Waals surface area contributed by atoms with Gasteiger partial charge < -0.3 is 9.73 Å². The van der Waals surface area contributed by atoms with Crippen molar-refractivity contribution in [2.24, 2.45) is 5.11 Å². The first kappa shape index (κ1) is 18.1. The summed E-state index contributed by atoms with van der Waals surface area (Å²) in [6.45, 7) is 0.538. The lowest BCUT2D eigenvalue weighted by molar-refractivity contribution is 0.0936. The SMILES string of the molecule is [N-]=[N+]=NC1CCC(CNC(=O)c2cccc3ccoc23)(c2ccccc2)CC1. The number of nitrogens with zero attached hydrogens (tertiary/aromatic N) is 3. The molecule has 1 N–H and O–H groups in total. The topological polar surface area (TPSA) is 91.0 Å². The Labute approximate surface area is 163 Å². The molecule has 6 heteroatoms. The second kappa shape index (κ2) is 7.79. The molecular formula is C22H22N4O2. The van der Waals surface area contributed by atoms with Crippen LogP contribution in [-0.4, -0.2) is 18.5 Å². The molecule has 0 radical (unpaired) electrons. The van der Waals surface area contributed by atoms with Crippen LogP contribution in [0, 0.1) is 0 Å². The average Bonchev–Trinajstić information content (AvgIpc) is 3.23. The van der Waals surface area contributed by atoms with E-state index in [-0.39, 0.29) is 17.4 Å². The maximum Gasteiger partial charge on any atom is 0.255 e. The van der Waals surface area contributed by atoms with E-state index in [1.807, 2.05) is 36.4 Å².